The van der Waals surface area contributed by atoms with Crippen LogP contribution in [0.2, 0.25) is 13.1 Å². The average Bonchev–Trinajstić information content (AvgIpc) is 3.02. The summed E-state index contributed by atoms with van der Waals surface area (Å²) >= 11 is 2.27. The molecule has 0 bridgehead atoms. The summed E-state index contributed by atoms with van der Waals surface area (Å²) < 4.78 is 0. The Kier molecular flexibility index (Phi) is 16.6. The van der Waals surface area contributed by atoms with Gasteiger partial charge in [-0.1, -0.05) is 41.5 Å². The molecule has 2 aliphatic rings. The second kappa shape index (κ2) is 13.6. The molecule has 24 heavy (non-hydrogen) atoms. The van der Waals surface area contributed by atoms with Crippen LogP contribution >= 0.6 is 0 Å². The molecule has 2 aliphatic carbocycles. The Balaban J connectivity index is -0.000000283. The Hall–Kier alpha value is 0.471. The van der Waals surface area contributed by atoms with E-state index in [2.05, 4.69) is 110 Å². The molecule has 0 atom stereocenters. The van der Waals surface area contributed by atoms with Gasteiger partial charge < -0.3 is 24.8 Å². The van der Waals surface area contributed by atoms with Gasteiger partial charge in [-0.05, 0) is 10.8 Å². The SMILES string of the molecule is CC(C)(C)C1=[C-]CC=C1.CC(C)(C)C1=[C-]CC=C1.C[Si](C)=[Ti+2].[Cl-].[Cl-]. The molecule has 0 heterocycles. The van der Waals surface area contributed by atoms with E-state index in [1.165, 1.54) is 11.1 Å². The molecule has 0 unspecified atom stereocenters. The van der Waals surface area contributed by atoms with Crippen molar-refractivity contribution in [3.63, 3.8) is 0 Å². The number of allylic oxidation sites excluding steroid dienone is 8. The minimum atomic E-state index is 0. The van der Waals surface area contributed by atoms with E-state index in [1.807, 2.05) is 0 Å². The first-order valence-corrected chi connectivity index (χ1v) is 12.9. The Labute approximate surface area is 175 Å². The van der Waals surface area contributed by atoms with E-state index in [0.717, 1.165) is 12.8 Å². The Morgan fingerprint density at radius 2 is 1.04 bits per heavy atom. The third-order valence-electron chi connectivity index (χ3n) is 3.01. The van der Waals surface area contributed by atoms with E-state index >= 15 is 0 Å². The maximum Gasteiger partial charge on any atom is -1.00 e. The maximum absolute atomic E-state index is 3.30. The summed E-state index contributed by atoms with van der Waals surface area (Å²) in [6, 6.07) is 0. The fraction of sp³-hybridized carbons (Fsp3) is 0.600. The molecule has 0 aromatic carbocycles. The van der Waals surface area contributed by atoms with Gasteiger partial charge in [0.2, 0.25) is 0 Å². The van der Waals surface area contributed by atoms with Crippen LogP contribution in [-0.4, -0.2) is 6.19 Å². The Morgan fingerprint density at radius 1 is 0.792 bits per heavy atom. The van der Waals surface area contributed by atoms with Gasteiger partial charge in [0.1, 0.15) is 0 Å². The largest absolute Gasteiger partial charge is 1.00 e. The first-order chi connectivity index (χ1) is 9.94. The zero-order valence-electron chi connectivity index (χ0n) is 16.5. The van der Waals surface area contributed by atoms with Crippen molar-refractivity contribution in [1.82, 2.24) is 0 Å². The second-order valence-corrected chi connectivity index (χ2v) is 14.6. The van der Waals surface area contributed by atoms with Crippen molar-refractivity contribution >= 4 is 6.19 Å². The molecular formula is C20H32Cl2SiTi-2. The molecule has 0 spiro atoms. The zero-order valence-corrected chi connectivity index (χ0v) is 20.6. The summed E-state index contributed by atoms with van der Waals surface area (Å²) in [5.41, 5.74) is 3.30. The normalized spacial score (nSPS) is 14.9. The summed E-state index contributed by atoms with van der Waals surface area (Å²) in [4.78, 5) is 0. The molecule has 0 nitrogen and oxygen atoms in total. The Morgan fingerprint density at radius 3 is 1.12 bits per heavy atom. The van der Waals surface area contributed by atoms with Crippen molar-refractivity contribution in [2.45, 2.75) is 67.5 Å². The van der Waals surface area contributed by atoms with Crippen molar-refractivity contribution in [3.05, 3.63) is 47.6 Å². The minimum Gasteiger partial charge on any atom is -1.00 e. The van der Waals surface area contributed by atoms with Crippen molar-refractivity contribution < 1.29 is 44.0 Å². The van der Waals surface area contributed by atoms with E-state index in [1.54, 1.807) is 0 Å². The van der Waals surface area contributed by atoms with Crippen LogP contribution in [0.1, 0.15) is 54.4 Å². The molecule has 0 aromatic rings. The Bertz CT molecular complexity index is 443. The van der Waals surface area contributed by atoms with Gasteiger partial charge in [0.05, 0.1) is 0 Å². The van der Waals surface area contributed by atoms with Crippen molar-refractivity contribution in [2.75, 3.05) is 0 Å². The van der Waals surface area contributed by atoms with Crippen LogP contribution in [0.3, 0.4) is 0 Å². The molecule has 2 rings (SSSR count). The number of hydrogen-bond acceptors (Lipinski definition) is 0. The minimum absolute atomic E-state index is 0. The molecule has 0 N–H and O–H groups in total. The van der Waals surface area contributed by atoms with E-state index in [0.29, 0.717) is 10.8 Å². The van der Waals surface area contributed by atoms with Gasteiger partial charge >= 0.3 is 38.5 Å². The zero-order chi connectivity index (χ0) is 17.4. The van der Waals surface area contributed by atoms with E-state index in [-0.39, 0.29) is 31.0 Å². The first-order valence-electron chi connectivity index (χ1n) is 8.02. The van der Waals surface area contributed by atoms with Gasteiger partial charge in [-0.15, -0.1) is 12.8 Å². The molecule has 0 aromatic heterocycles. The number of hydrogen-bond donors (Lipinski definition) is 0. The predicted octanol–water partition coefficient (Wildman–Crippen LogP) is 0.236. The molecule has 136 valence electrons. The van der Waals surface area contributed by atoms with Crippen molar-refractivity contribution in [2.24, 2.45) is 10.8 Å². The smallest absolute Gasteiger partial charge is 1.00 e. The average molecular weight is 419 g/mol. The van der Waals surface area contributed by atoms with E-state index in [9.17, 15) is 0 Å². The van der Waals surface area contributed by atoms with E-state index in [4.69, 9.17) is 0 Å². The quantitative estimate of drug-likeness (QED) is 0.390. The third kappa shape index (κ3) is 14.8. The molecular weight excluding hydrogens is 387 g/mol. The van der Waals surface area contributed by atoms with Crippen LogP contribution in [0, 0.1) is 23.0 Å². The molecule has 0 fully saturated rings. The van der Waals surface area contributed by atoms with Crippen LogP contribution in [0.4, 0.5) is 0 Å². The van der Waals surface area contributed by atoms with Gasteiger partial charge in [-0.3, -0.25) is 12.2 Å². The molecule has 0 radical (unpaired) electrons. The van der Waals surface area contributed by atoms with Crippen LogP contribution in [0.15, 0.2) is 35.5 Å². The molecule has 4 heteroatoms. The van der Waals surface area contributed by atoms with Crippen LogP contribution in [0.5, 0.6) is 0 Å². The maximum atomic E-state index is 3.30. The van der Waals surface area contributed by atoms with Crippen molar-refractivity contribution in [1.29, 1.82) is 0 Å². The van der Waals surface area contributed by atoms with Gasteiger partial charge in [-0.25, -0.2) is 23.3 Å². The summed E-state index contributed by atoms with van der Waals surface area (Å²) in [6.07, 6.45) is 17.4. The third-order valence-corrected chi connectivity index (χ3v) is 3.01. The van der Waals surface area contributed by atoms with Gasteiger partial charge in [-0.2, -0.15) is 12.2 Å². The fourth-order valence-electron chi connectivity index (χ4n) is 1.84. The van der Waals surface area contributed by atoms with Gasteiger partial charge in [0.25, 0.3) is 0 Å². The summed E-state index contributed by atoms with van der Waals surface area (Å²) in [5.74, 6) is 0. The first kappa shape index (κ1) is 29.2. The van der Waals surface area contributed by atoms with Crippen LogP contribution in [0.25, 0.3) is 0 Å². The summed E-state index contributed by atoms with van der Waals surface area (Å²) in [7, 11) is 0. The van der Waals surface area contributed by atoms with E-state index < -0.39 is 0 Å². The topological polar surface area (TPSA) is 0 Å². The van der Waals surface area contributed by atoms with Crippen LogP contribution < -0.4 is 24.8 Å². The summed E-state index contributed by atoms with van der Waals surface area (Å²) in [6.45, 7) is 17.8. The van der Waals surface area contributed by atoms with Gasteiger partial charge in [0, 0.05) is 0 Å². The molecule has 0 saturated heterocycles. The standard InChI is InChI=1S/2C9H13.C2H6Si.2ClH.Ti/c2*1-9(2,3)8-6-4-5-7-8;1-3-2;;;/h2*4,6H,5H2,1-3H3;1-2H3;2*1H;/q2*-1;;;;+2/p-2. The predicted molar refractivity (Wildman–Crippen MR) is 97.4 cm³/mol. The van der Waals surface area contributed by atoms with Crippen LogP contribution in [-0.2, 0) is 19.2 Å². The molecule has 0 saturated carbocycles. The number of rotatable bonds is 0. The van der Waals surface area contributed by atoms with Crippen molar-refractivity contribution in [3.8, 4) is 0 Å². The number of halogens is 2. The molecule has 0 amide bonds. The second-order valence-electron chi connectivity index (χ2n) is 7.89. The monoisotopic (exact) mass is 418 g/mol. The van der Waals surface area contributed by atoms with Gasteiger partial charge in [0.15, 0.2) is 0 Å². The molecule has 0 aliphatic heterocycles. The fourth-order valence-corrected chi connectivity index (χ4v) is 1.84. The summed E-state index contributed by atoms with van der Waals surface area (Å²) in [5, 5.41) is 0.